The summed E-state index contributed by atoms with van der Waals surface area (Å²) in [5, 5.41) is 18.0. The lowest BCUT2D eigenvalue weighted by atomic mass is 9.81. The average Bonchev–Trinajstić information content (AvgIpc) is 2.47. The fraction of sp³-hybridized carbons (Fsp3) is 0.429. The van der Waals surface area contributed by atoms with Gasteiger partial charge in [-0.2, -0.15) is 9.57 Å². The second-order valence-electron chi connectivity index (χ2n) is 5.41. The van der Waals surface area contributed by atoms with Gasteiger partial charge in [-0.05, 0) is 38.0 Å². The van der Waals surface area contributed by atoms with E-state index < -0.39 is 21.4 Å². The summed E-state index contributed by atoms with van der Waals surface area (Å²) in [5.74, 6) is -0.897. The van der Waals surface area contributed by atoms with Crippen molar-refractivity contribution in [1.29, 1.82) is 5.26 Å². The molecule has 1 aliphatic rings. The highest BCUT2D eigenvalue weighted by Gasteiger charge is 2.40. The third-order valence-electron chi connectivity index (χ3n) is 3.94. The van der Waals surface area contributed by atoms with Gasteiger partial charge in [-0.25, -0.2) is 8.42 Å². The summed E-state index contributed by atoms with van der Waals surface area (Å²) in [6.45, 7) is 1.97. The van der Waals surface area contributed by atoms with Crippen LogP contribution >= 0.6 is 0 Å². The number of sulfonamides is 1. The largest absolute Gasteiger partial charge is 0.481 e. The molecule has 7 heteroatoms. The summed E-state index contributed by atoms with van der Waals surface area (Å²) in [7, 11) is -3.68. The van der Waals surface area contributed by atoms with Crippen molar-refractivity contribution in [1.82, 2.24) is 4.31 Å². The minimum atomic E-state index is -3.68. The molecule has 1 aromatic rings. The van der Waals surface area contributed by atoms with Crippen LogP contribution in [0.5, 0.6) is 0 Å². The lowest BCUT2D eigenvalue weighted by Gasteiger charge is -2.35. The van der Waals surface area contributed by atoms with Crippen molar-refractivity contribution in [3.8, 4) is 6.07 Å². The number of piperidine rings is 1. The molecule has 1 heterocycles. The number of nitriles is 1. The molecule has 0 aliphatic carbocycles. The lowest BCUT2D eigenvalue weighted by Crippen LogP contribution is -2.45. The molecule has 0 unspecified atom stereocenters. The molecule has 1 aliphatic heterocycles. The van der Waals surface area contributed by atoms with E-state index in [1.807, 2.05) is 6.07 Å². The van der Waals surface area contributed by atoms with Gasteiger partial charge in [0.15, 0.2) is 0 Å². The number of carboxylic acid groups (broad SMARTS) is 1. The molecular weight excluding hydrogens is 292 g/mol. The minimum Gasteiger partial charge on any atom is -0.481 e. The van der Waals surface area contributed by atoms with Crippen LogP contribution in [0.2, 0.25) is 0 Å². The summed E-state index contributed by atoms with van der Waals surface area (Å²) in [5.41, 5.74) is -0.594. The molecule has 112 valence electrons. The first kappa shape index (κ1) is 15.5. The molecule has 1 N–H and O–H groups in total. The van der Waals surface area contributed by atoms with E-state index in [2.05, 4.69) is 0 Å². The number of hydrogen-bond donors (Lipinski definition) is 1. The Hall–Kier alpha value is -1.91. The first-order valence-corrected chi connectivity index (χ1v) is 7.97. The molecule has 0 saturated carbocycles. The fourth-order valence-corrected chi connectivity index (χ4v) is 3.80. The van der Waals surface area contributed by atoms with E-state index in [9.17, 15) is 13.2 Å². The van der Waals surface area contributed by atoms with E-state index in [-0.39, 0.29) is 36.4 Å². The van der Waals surface area contributed by atoms with Crippen molar-refractivity contribution in [2.45, 2.75) is 24.7 Å². The summed E-state index contributed by atoms with van der Waals surface area (Å²) in [6.07, 6.45) is 0.555. The third-order valence-corrected chi connectivity index (χ3v) is 5.84. The molecule has 6 nitrogen and oxygen atoms in total. The summed E-state index contributed by atoms with van der Waals surface area (Å²) in [6, 6.07) is 7.75. The molecule has 1 fully saturated rings. The van der Waals surface area contributed by atoms with Gasteiger partial charge in [-0.1, -0.05) is 6.07 Å². The highest BCUT2D eigenvalue weighted by atomic mass is 32.2. The predicted molar refractivity (Wildman–Crippen MR) is 74.9 cm³/mol. The monoisotopic (exact) mass is 308 g/mol. The Balaban J connectivity index is 2.23. The predicted octanol–water partition coefficient (Wildman–Crippen LogP) is 1.43. The number of carbonyl (C=O) groups is 1. The highest BCUT2D eigenvalue weighted by Crippen LogP contribution is 2.33. The van der Waals surface area contributed by atoms with Crippen LogP contribution in [0.25, 0.3) is 0 Å². The maximum Gasteiger partial charge on any atom is 0.309 e. The second kappa shape index (κ2) is 5.47. The minimum absolute atomic E-state index is 0.0699. The first-order chi connectivity index (χ1) is 9.79. The SMILES string of the molecule is CC1(C(=O)O)CCN(S(=O)(=O)c2cccc(C#N)c2)CC1. The van der Waals surface area contributed by atoms with E-state index in [0.717, 1.165) is 0 Å². The highest BCUT2D eigenvalue weighted by molar-refractivity contribution is 7.89. The number of aliphatic carboxylic acids is 1. The summed E-state index contributed by atoms with van der Waals surface area (Å²) in [4.78, 5) is 11.3. The van der Waals surface area contributed by atoms with E-state index in [0.29, 0.717) is 0 Å². The topological polar surface area (TPSA) is 98.5 Å². The van der Waals surface area contributed by atoms with E-state index in [1.165, 1.54) is 28.6 Å². The third kappa shape index (κ3) is 2.91. The van der Waals surface area contributed by atoms with Gasteiger partial charge in [0, 0.05) is 13.1 Å². The van der Waals surface area contributed by atoms with Crippen molar-refractivity contribution in [3.63, 3.8) is 0 Å². The summed E-state index contributed by atoms with van der Waals surface area (Å²) < 4.78 is 26.3. The molecule has 0 amide bonds. The Morgan fingerprint density at radius 1 is 1.38 bits per heavy atom. The van der Waals surface area contributed by atoms with E-state index in [4.69, 9.17) is 10.4 Å². The number of hydrogen-bond acceptors (Lipinski definition) is 4. The van der Waals surface area contributed by atoms with Crippen molar-refractivity contribution in [2.24, 2.45) is 5.41 Å². The lowest BCUT2D eigenvalue weighted by molar-refractivity contribution is -0.150. The smallest absolute Gasteiger partial charge is 0.309 e. The van der Waals surface area contributed by atoms with Crippen LogP contribution in [0.4, 0.5) is 0 Å². The van der Waals surface area contributed by atoms with Gasteiger partial charge in [0.25, 0.3) is 0 Å². The maximum atomic E-state index is 12.5. The summed E-state index contributed by atoms with van der Waals surface area (Å²) >= 11 is 0. The Morgan fingerprint density at radius 2 is 2.00 bits per heavy atom. The zero-order chi connectivity index (χ0) is 15.7. The molecule has 0 atom stereocenters. The zero-order valence-corrected chi connectivity index (χ0v) is 12.4. The van der Waals surface area contributed by atoms with Gasteiger partial charge < -0.3 is 5.11 Å². The van der Waals surface area contributed by atoms with Crippen LogP contribution in [0.1, 0.15) is 25.3 Å². The van der Waals surface area contributed by atoms with Gasteiger partial charge in [0.2, 0.25) is 10.0 Å². The number of benzene rings is 1. The van der Waals surface area contributed by atoms with Gasteiger partial charge in [-0.15, -0.1) is 0 Å². The number of nitrogens with zero attached hydrogens (tertiary/aromatic N) is 2. The number of rotatable bonds is 3. The maximum absolute atomic E-state index is 12.5. The van der Waals surface area contributed by atoms with Gasteiger partial charge in [0.1, 0.15) is 0 Å². The van der Waals surface area contributed by atoms with Crippen LogP contribution in [-0.4, -0.2) is 36.9 Å². The molecule has 0 radical (unpaired) electrons. The number of carboxylic acids is 1. The molecule has 0 spiro atoms. The zero-order valence-electron chi connectivity index (χ0n) is 11.6. The normalized spacial score (nSPS) is 18.9. The van der Waals surface area contributed by atoms with Crippen molar-refractivity contribution in [3.05, 3.63) is 29.8 Å². The average molecular weight is 308 g/mol. The fourth-order valence-electron chi connectivity index (χ4n) is 2.31. The van der Waals surface area contributed by atoms with Crippen LogP contribution in [-0.2, 0) is 14.8 Å². The Morgan fingerprint density at radius 3 is 2.52 bits per heavy atom. The second-order valence-corrected chi connectivity index (χ2v) is 7.35. The standard InChI is InChI=1S/C14H16N2O4S/c1-14(13(17)18)5-7-16(8-6-14)21(19,20)12-4-2-3-11(9-12)10-15/h2-4,9H,5-8H2,1H3,(H,17,18). The van der Waals surface area contributed by atoms with Crippen molar-refractivity contribution in [2.75, 3.05) is 13.1 Å². The van der Waals surface area contributed by atoms with Gasteiger partial charge >= 0.3 is 5.97 Å². The quantitative estimate of drug-likeness (QED) is 0.911. The molecular formula is C14H16N2O4S. The molecule has 1 aromatic carbocycles. The molecule has 0 bridgehead atoms. The van der Waals surface area contributed by atoms with Gasteiger partial charge in [-0.3, -0.25) is 4.79 Å². The van der Waals surface area contributed by atoms with E-state index in [1.54, 1.807) is 6.92 Å². The van der Waals surface area contributed by atoms with Crippen LogP contribution in [0.3, 0.4) is 0 Å². The van der Waals surface area contributed by atoms with Crippen LogP contribution < -0.4 is 0 Å². The Labute approximate surface area is 123 Å². The molecule has 21 heavy (non-hydrogen) atoms. The Bertz CT molecular complexity index is 698. The molecule has 1 saturated heterocycles. The van der Waals surface area contributed by atoms with Crippen LogP contribution in [0, 0.1) is 16.7 Å². The van der Waals surface area contributed by atoms with E-state index >= 15 is 0 Å². The van der Waals surface area contributed by atoms with Crippen molar-refractivity contribution >= 4 is 16.0 Å². The Kier molecular flexibility index (Phi) is 4.03. The first-order valence-electron chi connectivity index (χ1n) is 6.53. The van der Waals surface area contributed by atoms with Crippen molar-refractivity contribution < 1.29 is 18.3 Å². The van der Waals surface area contributed by atoms with Gasteiger partial charge in [0.05, 0.1) is 21.9 Å². The molecule has 2 rings (SSSR count). The van der Waals surface area contributed by atoms with Crippen LogP contribution in [0.15, 0.2) is 29.2 Å². The molecule has 0 aromatic heterocycles.